The predicted molar refractivity (Wildman–Crippen MR) is 123 cm³/mol. The SMILES string of the molecule is CCCCCCCCc1ccc(C=CCOC(=O)CCC2CC2)c2ccccc12. The molecule has 0 atom stereocenters. The highest BCUT2D eigenvalue weighted by Gasteiger charge is 2.22. The molecule has 156 valence electrons. The van der Waals surface area contributed by atoms with E-state index in [1.54, 1.807) is 0 Å². The lowest BCUT2D eigenvalue weighted by Gasteiger charge is -2.10. The third-order valence-corrected chi connectivity index (χ3v) is 5.94. The van der Waals surface area contributed by atoms with Gasteiger partial charge in [0.2, 0.25) is 0 Å². The molecule has 0 N–H and O–H groups in total. The number of benzene rings is 2. The second-order valence-corrected chi connectivity index (χ2v) is 8.44. The van der Waals surface area contributed by atoms with Crippen LogP contribution in [0.15, 0.2) is 42.5 Å². The standard InChI is InChI=1S/C27H36O2/c1-2-3-4-5-6-7-11-23-18-19-24(26-14-9-8-13-25(23)26)12-10-21-29-27(28)20-17-22-15-16-22/h8-10,12-14,18-19,22H,2-7,11,15-17,20-21H2,1H3. The molecule has 2 aromatic rings. The van der Waals surface area contributed by atoms with Gasteiger partial charge in [0, 0.05) is 6.42 Å². The van der Waals surface area contributed by atoms with Gasteiger partial charge in [-0.1, -0.05) is 94.3 Å². The van der Waals surface area contributed by atoms with Crippen LogP contribution in [-0.2, 0) is 16.0 Å². The lowest BCUT2D eigenvalue weighted by molar-refractivity contribution is -0.142. The molecule has 2 aromatic carbocycles. The van der Waals surface area contributed by atoms with Crippen molar-refractivity contribution in [3.8, 4) is 0 Å². The zero-order valence-corrected chi connectivity index (χ0v) is 18.0. The van der Waals surface area contributed by atoms with Crippen molar-refractivity contribution in [2.45, 2.75) is 77.6 Å². The van der Waals surface area contributed by atoms with Crippen LogP contribution in [0.25, 0.3) is 16.8 Å². The second-order valence-electron chi connectivity index (χ2n) is 8.44. The van der Waals surface area contributed by atoms with Crippen molar-refractivity contribution in [1.29, 1.82) is 0 Å². The molecule has 1 saturated carbocycles. The minimum atomic E-state index is -0.0688. The fraction of sp³-hybridized carbons (Fsp3) is 0.519. The molecule has 3 rings (SSSR count). The van der Waals surface area contributed by atoms with Gasteiger partial charge in [-0.2, -0.15) is 0 Å². The molecule has 0 bridgehead atoms. The first kappa shape index (κ1) is 21.6. The van der Waals surface area contributed by atoms with E-state index in [9.17, 15) is 4.79 Å². The average Bonchev–Trinajstić information content (AvgIpc) is 3.57. The molecule has 0 amide bonds. The average molecular weight is 393 g/mol. The van der Waals surface area contributed by atoms with E-state index >= 15 is 0 Å². The highest BCUT2D eigenvalue weighted by atomic mass is 16.5. The molecule has 0 saturated heterocycles. The third-order valence-electron chi connectivity index (χ3n) is 5.94. The highest BCUT2D eigenvalue weighted by molar-refractivity contribution is 5.93. The minimum Gasteiger partial charge on any atom is -0.461 e. The first-order valence-electron chi connectivity index (χ1n) is 11.6. The van der Waals surface area contributed by atoms with Crippen LogP contribution in [0, 0.1) is 5.92 Å². The molecular formula is C27H36O2. The monoisotopic (exact) mass is 392 g/mol. The van der Waals surface area contributed by atoms with Crippen molar-refractivity contribution >= 4 is 22.8 Å². The molecule has 1 aliphatic rings. The molecule has 2 heteroatoms. The van der Waals surface area contributed by atoms with Crippen molar-refractivity contribution in [3.05, 3.63) is 53.6 Å². The number of unbranched alkanes of at least 4 members (excludes halogenated alkanes) is 5. The Morgan fingerprint density at radius 3 is 2.55 bits per heavy atom. The highest BCUT2D eigenvalue weighted by Crippen LogP contribution is 2.33. The summed E-state index contributed by atoms with van der Waals surface area (Å²) in [4.78, 5) is 11.8. The summed E-state index contributed by atoms with van der Waals surface area (Å²) in [7, 11) is 0. The van der Waals surface area contributed by atoms with Gasteiger partial charge in [-0.15, -0.1) is 0 Å². The maximum Gasteiger partial charge on any atom is 0.306 e. The molecule has 0 unspecified atom stereocenters. The zero-order chi connectivity index (χ0) is 20.3. The number of carbonyl (C=O) groups is 1. The molecule has 0 spiro atoms. The maximum absolute atomic E-state index is 11.8. The molecule has 1 fully saturated rings. The molecule has 2 nitrogen and oxygen atoms in total. The Balaban J connectivity index is 1.52. The van der Waals surface area contributed by atoms with E-state index in [-0.39, 0.29) is 5.97 Å². The van der Waals surface area contributed by atoms with E-state index in [2.05, 4.69) is 49.4 Å². The summed E-state index contributed by atoms with van der Waals surface area (Å²) in [6.45, 7) is 2.62. The summed E-state index contributed by atoms with van der Waals surface area (Å²) in [5.74, 6) is 0.708. The lowest BCUT2D eigenvalue weighted by atomic mass is 9.95. The van der Waals surface area contributed by atoms with Crippen molar-refractivity contribution in [3.63, 3.8) is 0 Å². The van der Waals surface area contributed by atoms with E-state index in [1.807, 2.05) is 6.08 Å². The lowest BCUT2D eigenvalue weighted by Crippen LogP contribution is -2.04. The summed E-state index contributed by atoms with van der Waals surface area (Å²) < 4.78 is 5.35. The number of rotatable bonds is 13. The maximum atomic E-state index is 11.8. The predicted octanol–water partition coefficient (Wildman–Crippen LogP) is 7.49. The van der Waals surface area contributed by atoms with Crippen LogP contribution in [0.3, 0.4) is 0 Å². The van der Waals surface area contributed by atoms with Gasteiger partial charge < -0.3 is 4.74 Å². The smallest absolute Gasteiger partial charge is 0.306 e. The van der Waals surface area contributed by atoms with Crippen molar-refractivity contribution in [1.82, 2.24) is 0 Å². The van der Waals surface area contributed by atoms with Crippen molar-refractivity contribution in [2.75, 3.05) is 6.61 Å². The van der Waals surface area contributed by atoms with Crippen molar-refractivity contribution in [2.24, 2.45) is 5.92 Å². The van der Waals surface area contributed by atoms with Crippen LogP contribution in [0.4, 0.5) is 0 Å². The third kappa shape index (κ3) is 7.34. The quantitative estimate of drug-likeness (QED) is 0.261. The molecule has 0 aliphatic heterocycles. The first-order valence-corrected chi connectivity index (χ1v) is 11.6. The van der Waals surface area contributed by atoms with E-state index in [1.165, 1.54) is 73.3 Å². The number of carbonyl (C=O) groups excluding carboxylic acids is 1. The van der Waals surface area contributed by atoms with Crippen LogP contribution in [0.1, 0.15) is 82.3 Å². The second kappa shape index (κ2) is 11.8. The van der Waals surface area contributed by atoms with Gasteiger partial charge >= 0.3 is 5.97 Å². The van der Waals surface area contributed by atoms with Gasteiger partial charge in [-0.05, 0) is 53.2 Å². The number of esters is 1. The summed E-state index contributed by atoms with van der Waals surface area (Å²) >= 11 is 0. The molecule has 0 aromatic heterocycles. The number of ether oxygens (including phenoxy) is 1. The molecule has 29 heavy (non-hydrogen) atoms. The fourth-order valence-electron chi connectivity index (χ4n) is 3.96. The van der Waals surface area contributed by atoms with Crippen LogP contribution >= 0.6 is 0 Å². The number of hydrogen-bond acceptors (Lipinski definition) is 2. The van der Waals surface area contributed by atoms with Crippen LogP contribution < -0.4 is 0 Å². The van der Waals surface area contributed by atoms with Gasteiger partial charge in [0.05, 0.1) is 0 Å². The van der Waals surface area contributed by atoms with Crippen LogP contribution in [-0.4, -0.2) is 12.6 Å². The zero-order valence-electron chi connectivity index (χ0n) is 18.0. The summed E-state index contributed by atoms with van der Waals surface area (Å²) in [5, 5.41) is 2.64. The Labute approximate surface area is 176 Å². The number of hydrogen-bond donors (Lipinski definition) is 0. The number of fused-ring (bicyclic) bond motifs is 1. The van der Waals surface area contributed by atoms with E-state index in [4.69, 9.17) is 4.74 Å². The van der Waals surface area contributed by atoms with E-state index in [0.29, 0.717) is 13.0 Å². The topological polar surface area (TPSA) is 26.3 Å². The van der Waals surface area contributed by atoms with Crippen LogP contribution in [0.2, 0.25) is 0 Å². The van der Waals surface area contributed by atoms with Gasteiger partial charge in [0.1, 0.15) is 6.61 Å². The molecular weight excluding hydrogens is 356 g/mol. The Bertz CT molecular complexity index is 801. The molecule has 0 heterocycles. The number of aryl methyl sites for hydroxylation is 1. The van der Waals surface area contributed by atoms with Gasteiger partial charge in [-0.25, -0.2) is 0 Å². The molecule has 1 aliphatic carbocycles. The minimum absolute atomic E-state index is 0.0688. The summed E-state index contributed by atoms with van der Waals surface area (Å²) in [6.07, 6.45) is 17.3. The van der Waals surface area contributed by atoms with E-state index < -0.39 is 0 Å². The normalized spacial score (nSPS) is 14.0. The summed E-state index contributed by atoms with van der Waals surface area (Å²) in [5.41, 5.74) is 2.64. The van der Waals surface area contributed by atoms with Crippen molar-refractivity contribution < 1.29 is 9.53 Å². The Morgan fingerprint density at radius 1 is 1.00 bits per heavy atom. The largest absolute Gasteiger partial charge is 0.461 e. The van der Waals surface area contributed by atoms with Gasteiger partial charge in [-0.3, -0.25) is 4.79 Å². The Hall–Kier alpha value is -2.09. The van der Waals surface area contributed by atoms with E-state index in [0.717, 1.165) is 18.8 Å². The van der Waals surface area contributed by atoms with Crippen LogP contribution in [0.5, 0.6) is 0 Å². The summed E-state index contributed by atoms with van der Waals surface area (Å²) in [6, 6.07) is 13.1. The fourth-order valence-corrected chi connectivity index (χ4v) is 3.96. The first-order chi connectivity index (χ1) is 14.3. The van der Waals surface area contributed by atoms with Gasteiger partial charge in [0.25, 0.3) is 0 Å². The molecule has 0 radical (unpaired) electrons. The van der Waals surface area contributed by atoms with Gasteiger partial charge in [0.15, 0.2) is 0 Å². The Morgan fingerprint density at radius 2 is 1.76 bits per heavy atom. The Kier molecular flexibility index (Phi) is 8.80.